The fourth-order valence-electron chi connectivity index (χ4n) is 3.64. The number of aryl methyl sites for hydroxylation is 1. The third-order valence-electron chi connectivity index (χ3n) is 5.61. The van der Waals surface area contributed by atoms with Crippen LogP contribution in [0.5, 0.6) is 0 Å². The fraction of sp³-hybridized carbons (Fsp3) is 0.375. The van der Waals surface area contributed by atoms with E-state index in [-0.39, 0.29) is 6.61 Å². The molecule has 5 atom stereocenters. The van der Waals surface area contributed by atoms with Gasteiger partial charge in [-0.1, -0.05) is 34.7 Å². The first-order valence-corrected chi connectivity index (χ1v) is 11.8. The number of nitrogens with zero attached hydrogens (tertiary/aromatic N) is 3. The fourth-order valence-corrected chi connectivity index (χ4v) is 4.69. The van der Waals surface area contributed by atoms with Crippen molar-refractivity contribution in [1.29, 1.82) is 0 Å². The molecule has 0 unspecified atom stereocenters. The van der Waals surface area contributed by atoms with Crippen LogP contribution in [0.1, 0.15) is 21.6 Å². The van der Waals surface area contributed by atoms with Crippen molar-refractivity contribution >= 4 is 17.7 Å². The van der Waals surface area contributed by atoms with Crippen LogP contribution in [0.2, 0.25) is 0 Å². The van der Waals surface area contributed by atoms with Gasteiger partial charge >= 0.3 is 5.97 Å². The van der Waals surface area contributed by atoms with Crippen molar-refractivity contribution in [3.05, 3.63) is 71.5 Å². The van der Waals surface area contributed by atoms with Crippen LogP contribution in [0.3, 0.4) is 0 Å². The minimum absolute atomic E-state index is 0.0287. The van der Waals surface area contributed by atoms with E-state index >= 15 is 0 Å². The Morgan fingerprint density at radius 2 is 1.83 bits per heavy atom. The molecule has 0 saturated carbocycles. The molecule has 186 valence electrons. The van der Waals surface area contributed by atoms with Crippen LogP contribution in [0, 0.1) is 6.92 Å². The van der Waals surface area contributed by atoms with E-state index in [1.807, 2.05) is 31.2 Å². The molecular weight excluding hydrogens is 474 g/mol. The molecule has 3 aromatic rings. The molecule has 10 nitrogen and oxygen atoms in total. The number of thioether (sulfide) groups is 1. The van der Waals surface area contributed by atoms with Gasteiger partial charge in [-0.05, 0) is 43.3 Å². The van der Waals surface area contributed by atoms with E-state index in [0.717, 1.165) is 10.5 Å². The van der Waals surface area contributed by atoms with Gasteiger partial charge in [0.1, 0.15) is 35.5 Å². The first kappa shape index (κ1) is 25.3. The number of methoxy groups -OCH3 is 1. The smallest absolute Gasteiger partial charge is 0.337 e. The maximum atomic E-state index is 11.6. The number of carbonyl (C=O) groups is 1. The van der Waals surface area contributed by atoms with Gasteiger partial charge in [0.25, 0.3) is 0 Å². The van der Waals surface area contributed by atoms with E-state index in [1.54, 1.807) is 30.5 Å². The van der Waals surface area contributed by atoms with E-state index < -0.39 is 42.4 Å². The maximum absolute atomic E-state index is 11.6. The molecule has 1 aliphatic rings. The molecular formula is C24H27N3O7S. The number of rotatable bonds is 8. The van der Waals surface area contributed by atoms with Crippen molar-refractivity contribution in [2.24, 2.45) is 0 Å². The SMILES string of the molecule is COC(=O)c1ccc(-n2cc(CO[C@H]3[C@@H](O)[C@@H](CO)O[C@@H](Sc4ccc(C)cc4)[C@@H]3O)nn2)cc1. The zero-order valence-electron chi connectivity index (χ0n) is 19.2. The third kappa shape index (κ3) is 5.89. The van der Waals surface area contributed by atoms with Crippen LogP contribution < -0.4 is 0 Å². The molecule has 1 saturated heterocycles. The first-order chi connectivity index (χ1) is 16.9. The van der Waals surface area contributed by atoms with Crippen molar-refractivity contribution in [2.75, 3.05) is 13.7 Å². The highest BCUT2D eigenvalue weighted by atomic mass is 32.2. The lowest BCUT2D eigenvalue weighted by atomic mass is 10.00. The number of esters is 1. The first-order valence-electron chi connectivity index (χ1n) is 11.0. The van der Waals surface area contributed by atoms with Crippen LogP contribution in [0.4, 0.5) is 0 Å². The number of ether oxygens (including phenoxy) is 3. The van der Waals surface area contributed by atoms with Crippen molar-refractivity contribution in [3.8, 4) is 5.69 Å². The zero-order chi connectivity index (χ0) is 24.9. The second kappa shape index (κ2) is 11.3. The normalized spacial score (nSPS) is 24.3. The Morgan fingerprint density at radius 3 is 2.49 bits per heavy atom. The number of carbonyl (C=O) groups excluding carboxylic acids is 1. The lowest BCUT2D eigenvalue weighted by Gasteiger charge is -2.41. The summed E-state index contributed by atoms with van der Waals surface area (Å²) in [5.41, 5.74) is 1.93. The molecule has 0 bridgehead atoms. The summed E-state index contributed by atoms with van der Waals surface area (Å²) in [7, 11) is 1.32. The summed E-state index contributed by atoms with van der Waals surface area (Å²) in [4.78, 5) is 12.5. The minimum atomic E-state index is -1.23. The average molecular weight is 502 g/mol. The van der Waals surface area contributed by atoms with Gasteiger partial charge in [0, 0.05) is 4.90 Å². The summed E-state index contributed by atoms with van der Waals surface area (Å²) < 4.78 is 17.8. The lowest BCUT2D eigenvalue weighted by Crippen LogP contribution is -2.58. The van der Waals surface area contributed by atoms with Crippen LogP contribution >= 0.6 is 11.8 Å². The standard InChI is InChI=1S/C24H27N3O7S/c1-14-3-9-18(10-4-14)35-24-21(30)22(20(29)19(12-28)34-24)33-13-16-11-27(26-25-16)17-7-5-15(6-8-17)23(31)32-2/h3-11,19-22,24,28-30H,12-13H2,1-2H3/t19-,20+,21-,22+,24+/m1/s1. The van der Waals surface area contributed by atoms with E-state index in [2.05, 4.69) is 10.3 Å². The highest BCUT2D eigenvalue weighted by Crippen LogP contribution is 2.34. The summed E-state index contributed by atoms with van der Waals surface area (Å²) in [6.07, 6.45) is -2.65. The van der Waals surface area contributed by atoms with Gasteiger partial charge in [0.15, 0.2) is 0 Å². The summed E-state index contributed by atoms with van der Waals surface area (Å²) in [6.45, 7) is 1.53. The molecule has 2 aromatic carbocycles. The molecule has 35 heavy (non-hydrogen) atoms. The molecule has 0 spiro atoms. The van der Waals surface area contributed by atoms with Crippen LogP contribution in [0.15, 0.2) is 59.6 Å². The Balaban J connectivity index is 1.42. The molecule has 3 N–H and O–H groups in total. The van der Waals surface area contributed by atoms with Gasteiger partial charge in [-0.3, -0.25) is 0 Å². The number of aliphatic hydroxyl groups excluding tert-OH is 3. The van der Waals surface area contributed by atoms with Gasteiger partial charge < -0.3 is 29.5 Å². The van der Waals surface area contributed by atoms with Gasteiger partial charge in [0.05, 0.1) is 37.8 Å². The maximum Gasteiger partial charge on any atom is 0.337 e. The van der Waals surface area contributed by atoms with Crippen molar-refractivity contribution in [1.82, 2.24) is 15.0 Å². The predicted molar refractivity (Wildman–Crippen MR) is 126 cm³/mol. The number of hydrogen-bond acceptors (Lipinski definition) is 10. The highest BCUT2D eigenvalue weighted by molar-refractivity contribution is 7.99. The molecule has 0 amide bonds. The molecule has 1 aliphatic heterocycles. The Morgan fingerprint density at radius 1 is 1.11 bits per heavy atom. The van der Waals surface area contributed by atoms with E-state index in [9.17, 15) is 20.1 Å². The lowest BCUT2D eigenvalue weighted by molar-refractivity contribution is -0.223. The van der Waals surface area contributed by atoms with Crippen LogP contribution in [-0.2, 0) is 20.8 Å². The van der Waals surface area contributed by atoms with Crippen molar-refractivity contribution in [2.45, 2.75) is 48.3 Å². The number of hydrogen-bond donors (Lipinski definition) is 3. The minimum Gasteiger partial charge on any atom is -0.465 e. The number of benzene rings is 2. The molecule has 0 radical (unpaired) electrons. The second-order valence-electron chi connectivity index (χ2n) is 8.11. The Bertz CT molecular complexity index is 1120. The number of aliphatic hydroxyl groups is 3. The van der Waals surface area contributed by atoms with Gasteiger partial charge in [-0.25, -0.2) is 9.48 Å². The zero-order valence-corrected chi connectivity index (χ0v) is 20.0. The summed E-state index contributed by atoms with van der Waals surface area (Å²) in [5.74, 6) is -0.433. The van der Waals surface area contributed by atoms with Gasteiger partial charge in [-0.15, -0.1) is 5.10 Å². The van der Waals surface area contributed by atoms with E-state index in [1.165, 1.54) is 23.6 Å². The van der Waals surface area contributed by atoms with Gasteiger partial charge in [-0.2, -0.15) is 0 Å². The Hall–Kier alpha value is -2.80. The largest absolute Gasteiger partial charge is 0.465 e. The highest BCUT2D eigenvalue weighted by Gasteiger charge is 2.45. The Labute approximate surface area is 206 Å². The van der Waals surface area contributed by atoms with E-state index in [4.69, 9.17) is 14.2 Å². The monoisotopic (exact) mass is 501 g/mol. The molecule has 1 aromatic heterocycles. The molecule has 4 rings (SSSR count). The van der Waals surface area contributed by atoms with Crippen LogP contribution in [0.25, 0.3) is 5.69 Å². The molecule has 0 aliphatic carbocycles. The van der Waals surface area contributed by atoms with E-state index in [0.29, 0.717) is 16.9 Å². The molecule has 2 heterocycles. The Kier molecular flexibility index (Phi) is 8.16. The van der Waals surface area contributed by atoms with Crippen molar-refractivity contribution in [3.63, 3.8) is 0 Å². The van der Waals surface area contributed by atoms with Gasteiger partial charge in [0.2, 0.25) is 0 Å². The van der Waals surface area contributed by atoms with Crippen molar-refractivity contribution < 1.29 is 34.3 Å². The quantitative estimate of drug-likeness (QED) is 0.389. The number of aromatic nitrogens is 3. The second-order valence-corrected chi connectivity index (χ2v) is 9.28. The third-order valence-corrected chi connectivity index (χ3v) is 6.78. The summed E-state index contributed by atoms with van der Waals surface area (Å²) in [6, 6.07) is 14.4. The molecule has 1 fully saturated rings. The topological polar surface area (TPSA) is 136 Å². The predicted octanol–water partition coefficient (Wildman–Crippen LogP) is 1.48. The van der Waals surface area contributed by atoms with Crippen LogP contribution in [-0.4, -0.2) is 79.9 Å². The molecule has 11 heteroatoms. The summed E-state index contributed by atoms with van der Waals surface area (Å²) >= 11 is 1.29. The average Bonchev–Trinajstić information content (AvgIpc) is 3.35. The summed E-state index contributed by atoms with van der Waals surface area (Å²) in [5, 5.41) is 39.3.